The van der Waals surface area contributed by atoms with Crippen molar-refractivity contribution in [2.75, 3.05) is 0 Å². The van der Waals surface area contributed by atoms with Crippen LogP contribution in [0.4, 0.5) is 0 Å². The van der Waals surface area contributed by atoms with Gasteiger partial charge in [-0.1, -0.05) is 6.08 Å². The molecule has 0 aromatic rings. The van der Waals surface area contributed by atoms with Crippen molar-refractivity contribution in [1.29, 1.82) is 0 Å². The van der Waals surface area contributed by atoms with Crippen LogP contribution >= 0.6 is 24.1 Å². The second kappa shape index (κ2) is 4.54. The minimum Gasteiger partial charge on any atom is -0.264 e. The minimum absolute atomic E-state index is 0. The van der Waals surface area contributed by atoms with E-state index in [9.17, 15) is 18.5 Å². The fourth-order valence-electron chi connectivity index (χ4n) is 1.03. The fourth-order valence-corrected chi connectivity index (χ4v) is 1.97. The average Bonchev–Trinajstić information content (AvgIpc) is 2.03. The molecule has 0 bridgehead atoms. The van der Waals surface area contributed by atoms with Gasteiger partial charge in [0.05, 0.1) is 4.91 Å². The average molecular weight is 272 g/mol. The molecule has 0 aromatic carbocycles. The minimum atomic E-state index is -3.56. The van der Waals surface area contributed by atoms with E-state index in [1.54, 1.807) is 0 Å². The molecule has 8 heteroatoms. The number of halogens is 1. The lowest BCUT2D eigenvalue weighted by molar-refractivity contribution is -0.549. The van der Waals surface area contributed by atoms with Gasteiger partial charge in [-0.05, 0) is 23.8 Å². The molecule has 0 spiro atoms. The van der Waals surface area contributed by atoms with Gasteiger partial charge in [0.15, 0.2) is 0 Å². The monoisotopic (exact) mass is 271 g/mol. The van der Waals surface area contributed by atoms with E-state index in [1.165, 1.54) is 25.2 Å². The second-order valence-electron chi connectivity index (χ2n) is 3.23. The summed E-state index contributed by atoms with van der Waals surface area (Å²) in [5.74, 6) is 0. The van der Waals surface area contributed by atoms with Crippen LogP contribution in [0.15, 0.2) is 23.1 Å². The van der Waals surface area contributed by atoms with E-state index in [0.29, 0.717) is 0 Å². The molecule has 1 aliphatic carbocycles. The largest absolute Gasteiger partial charge is 0.264 e. The van der Waals surface area contributed by atoms with E-state index in [-0.39, 0.29) is 23.7 Å². The number of hydrogen-bond acceptors (Lipinski definition) is 4. The van der Waals surface area contributed by atoms with E-state index >= 15 is 0 Å². The summed E-state index contributed by atoms with van der Waals surface area (Å²) in [5.41, 5.74) is -1.21. The van der Waals surface area contributed by atoms with Crippen LogP contribution in [0.2, 0.25) is 0 Å². The Hall–Kier alpha value is -0.530. The lowest BCUT2D eigenvalue weighted by Crippen LogP contribution is -2.33. The normalized spacial score (nSPS) is 25.3. The van der Waals surface area contributed by atoms with Crippen LogP contribution in [0.25, 0.3) is 0 Å². The molecule has 0 aromatic heterocycles. The number of hydrogen-bond donors (Lipinski definition) is 1. The van der Waals surface area contributed by atoms with E-state index in [1.807, 2.05) is 0 Å². The summed E-state index contributed by atoms with van der Waals surface area (Å²) in [4.78, 5) is 10.2. The Morgan fingerprint density at radius 3 is 2.40 bits per heavy atom. The van der Waals surface area contributed by atoms with Gasteiger partial charge in [-0.15, -0.1) is 12.4 Å². The highest BCUT2D eigenvalue weighted by Crippen LogP contribution is 2.27. The zero-order valence-electron chi connectivity index (χ0n) is 7.78. The van der Waals surface area contributed by atoms with Gasteiger partial charge in [0, 0.05) is 18.3 Å². The van der Waals surface area contributed by atoms with Crippen molar-refractivity contribution < 1.29 is 13.3 Å². The van der Waals surface area contributed by atoms with Crippen LogP contribution in [0.3, 0.4) is 0 Å². The highest BCUT2D eigenvalue weighted by Gasteiger charge is 2.35. The number of rotatable bonds is 2. The number of thiol groups is 1. The van der Waals surface area contributed by atoms with Crippen molar-refractivity contribution >= 4 is 32.9 Å². The molecule has 1 rings (SSSR count). The van der Waals surface area contributed by atoms with Gasteiger partial charge in [-0.2, -0.15) is 0 Å². The molecule has 1 unspecified atom stereocenters. The molecular formula is C7H10ClNO4S2. The summed E-state index contributed by atoms with van der Waals surface area (Å²) in [6, 6.07) is 0. The molecule has 1 aliphatic rings. The highest BCUT2D eigenvalue weighted by molar-refractivity contribution is 8.65. The molecule has 5 nitrogen and oxygen atoms in total. The number of allylic oxidation sites excluding steroid dienone is 1. The van der Waals surface area contributed by atoms with Crippen molar-refractivity contribution in [3.8, 4) is 0 Å². The first-order valence-corrected chi connectivity index (χ1v) is 6.31. The molecule has 0 aliphatic heterocycles. The maximum atomic E-state index is 10.9. The molecule has 0 saturated heterocycles. The summed E-state index contributed by atoms with van der Waals surface area (Å²) in [5, 5.41) is 10.6. The topological polar surface area (TPSA) is 77.3 Å². The van der Waals surface area contributed by atoms with E-state index in [2.05, 4.69) is 11.7 Å². The van der Waals surface area contributed by atoms with Gasteiger partial charge in [-0.3, -0.25) is 10.1 Å². The summed E-state index contributed by atoms with van der Waals surface area (Å²) in [6.45, 7) is 1.43. The number of nitrogens with zero attached hydrogens (tertiary/aromatic N) is 1. The smallest absolute Gasteiger partial charge is 0.241 e. The fraction of sp³-hybridized carbons (Fsp3) is 0.429. The zero-order valence-corrected chi connectivity index (χ0v) is 10.3. The van der Waals surface area contributed by atoms with Gasteiger partial charge < -0.3 is 0 Å². The van der Waals surface area contributed by atoms with Gasteiger partial charge >= 0.3 is 0 Å². The number of nitro groups is 1. The summed E-state index contributed by atoms with van der Waals surface area (Å²) >= 11 is 3.39. The Kier molecular flexibility index (Phi) is 4.38. The highest BCUT2D eigenvalue weighted by atomic mass is 35.5. The van der Waals surface area contributed by atoms with E-state index in [0.717, 1.165) is 0 Å². The quantitative estimate of drug-likeness (QED) is 0.358. The molecule has 0 N–H and O–H groups in total. The Morgan fingerprint density at radius 2 is 2.13 bits per heavy atom. The second-order valence-corrected chi connectivity index (χ2v) is 6.10. The lowest BCUT2D eigenvalue weighted by Gasteiger charge is -2.18. The van der Waals surface area contributed by atoms with Crippen LogP contribution in [0.1, 0.15) is 13.3 Å². The van der Waals surface area contributed by atoms with Crippen molar-refractivity contribution in [2.45, 2.75) is 18.9 Å². The van der Waals surface area contributed by atoms with Crippen LogP contribution in [0.5, 0.6) is 0 Å². The first kappa shape index (κ1) is 14.5. The van der Waals surface area contributed by atoms with Gasteiger partial charge in [0.1, 0.15) is 0 Å². The Balaban J connectivity index is 0.00000196. The molecule has 86 valence electrons. The van der Waals surface area contributed by atoms with Crippen LogP contribution in [-0.2, 0) is 8.87 Å². The summed E-state index contributed by atoms with van der Waals surface area (Å²) in [6.07, 6.45) is 3.86. The molecule has 0 amide bonds. The Bertz CT molecular complexity index is 428. The molecule has 0 saturated carbocycles. The molecule has 15 heavy (non-hydrogen) atoms. The first-order valence-electron chi connectivity index (χ1n) is 3.77. The molecule has 1 atom stereocenters. The maximum Gasteiger partial charge on any atom is 0.241 e. The van der Waals surface area contributed by atoms with E-state index < -0.39 is 19.3 Å². The Morgan fingerprint density at radius 1 is 1.60 bits per heavy atom. The molecular weight excluding hydrogens is 262 g/mol. The first-order chi connectivity index (χ1) is 6.26. The summed E-state index contributed by atoms with van der Waals surface area (Å²) in [7, 11) is -3.56. The summed E-state index contributed by atoms with van der Waals surface area (Å²) < 4.78 is 21.9. The third-order valence-corrected chi connectivity index (χ3v) is 3.57. The maximum absolute atomic E-state index is 10.9. The van der Waals surface area contributed by atoms with E-state index in [4.69, 9.17) is 0 Å². The van der Waals surface area contributed by atoms with Crippen molar-refractivity contribution in [2.24, 2.45) is 0 Å². The molecule has 0 radical (unpaired) electrons. The van der Waals surface area contributed by atoms with Gasteiger partial charge in [0.25, 0.3) is 0 Å². The standard InChI is InChI=1S/C7H9NO4S2.ClH/c1-7(8(9)10)4-2-6(3-5-7)14(11,12)13;/h2-4H,5H2,1H3,(H,11,12,13);1H. The van der Waals surface area contributed by atoms with Crippen LogP contribution in [-0.4, -0.2) is 18.9 Å². The van der Waals surface area contributed by atoms with Crippen molar-refractivity contribution in [3.63, 3.8) is 0 Å². The van der Waals surface area contributed by atoms with Crippen LogP contribution in [0, 0.1) is 10.1 Å². The van der Waals surface area contributed by atoms with Gasteiger partial charge in [0.2, 0.25) is 14.4 Å². The van der Waals surface area contributed by atoms with Crippen molar-refractivity contribution in [3.05, 3.63) is 33.2 Å². The third kappa shape index (κ3) is 3.22. The lowest BCUT2D eigenvalue weighted by atomic mass is 9.95. The predicted molar refractivity (Wildman–Crippen MR) is 62.4 cm³/mol. The third-order valence-electron chi connectivity index (χ3n) is 2.04. The SMILES string of the molecule is CC1([N+](=O)[O-])C=CC(S(=O)(=O)S)=CC1.Cl. The Labute approximate surface area is 98.5 Å². The molecule has 0 heterocycles. The zero-order chi connectivity index (χ0) is 11.0. The predicted octanol–water partition coefficient (Wildman–Crippen LogP) is 1.55. The molecule has 0 fully saturated rings. The van der Waals surface area contributed by atoms with Gasteiger partial charge in [-0.25, -0.2) is 8.42 Å². The van der Waals surface area contributed by atoms with Crippen molar-refractivity contribution in [1.82, 2.24) is 0 Å². The van der Waals surface area contributed by atoms with Crippen LogP contribution < -0.4 is 0 Å².